The van der Waals surface area contributed by atoms with E-state index >= 15 is 0 Å². The SMILES string of the molecule is C#Cc1cc(SCCN(C)C)cc(NC(=O)OC(C)(C)C)c1N.c1cc2ccc1-2. The highest BCUT2D eigenvalue weighted by Gasteiger charge is 2.18. The summed E-state index contributed by atoms with van der Waals surface area (Å²) in [6.45, 7) is 6.35. The minimum Gasteiger partial charge on any atom is -0.444 e. The van der Waals surface area contributed by atoms with Crippen molar-refractivity contribution in [1.82, 2.24) is 4.90 Å². The molecule has 2 aliphatic carbocycles. The molecule has 0 aliphatic heterocycles. The van der Waals surface area contributed by atoms with Crippen LogP contribution in [0.3, 0.4) is 0 Å². The maximum Gasteiger partial charge on any atom is 0.412 e. The summed E-state index contributed by atoms with van der Waals surface area (Å²) in [7, 11) is 4.04. The largest absolute Gasteiger partial charge is 0.444 e. The van der Waals surface area contributed by atoms with Gasteiger partial charge < -0.3 is 15.4 Å². The summed E-state index contributed by atoms with van der Waals surface area (Å²) in [6, 6.07) is 12.2. The Labute approximate surface area is 178 Å². The maximum absolute atomic E-state index is 11.9. The molecular formula is C23H29N3O2S. The summed E-state index contributed by atoms with van der Waals surface area (Å²) in [5.74, 6) is 3.47. The summed E-state index contributed by atoms with van der Waals surface area (Å²) < 4.78 is 5.25. The monoisotopic (exact) mass is 411 g/mol. The number of nitrogens with zero attached hydrogens (tertiary/aromatic N) is 1. The first-order chi connectivity index (χ1) is 13.6. The molecule has 5 nitrogen and oxygen atoms in total. The van der Waals surface area contributed by atoms with Gasteiger partial charge in [0.15, 0.2) is 0 Å². The molecule has 154 valence electrons. The number of anilines is 2. The number of nitrogen functional groups attached to an aromatic ring is 1. The van der Waals surface area contributed by atoms with Crippen LogP contribution in [0, 0.1) is 12.3 Å². The van der Waals surface area contributed by atoms with Crippen molar-refractivity contribution in [2.45, 2.75) is 31.3 Å². The highest BCUT2D eigenvalue weighted by molar-refractivity contribution is 7.99. The number of fused-ring (bicyclic) bond motifs is 1. The van der Waals surface area contributed by atoms with Crippen molar-refractivity contribution >= 4 is 29.2 Å². The molecule has 0 heterocycles. The van der Waals surface area contributed by atoms with Gasteiger partial charge in [-0.1, -0.05) is 30.2 Å². The Kier molecular flexibility index (Phi) is 7.60. The van der Waals surface area contributed by atoms with Gasteiger partial charge in [-0.25, -0.2) is 4.79 Å². The smallest absolute Gasteiger partial charge is 0.412 e. The molecule has 0 spiro atoms. The number of carbonyl (C=O) groups excluding carboxylic acids is 1. The summed E-state index contributed by atoms with van der Waals surface area (Å²) >= 11 is 1.66. The van der Waals surface area contributed by atoms with Crippen molar-refractivity contribution in [3.8, 4) is 23.5 Å². The maximum atomic E-state index is 11.9. The fraction of sp³-hybridized carbons (Fsp3) is 0.348. The Balaban J connectivity index is 0.000000414. The van der Waals surface area contributed by atoms with Crippen molar-refractivity contribution in [3.63, 3.8) is 0 Å². The Morgan fingerprint density at radius 1 is 1.21 bits per heavy atom. The molecule has 2 aliphatic rings. The van der Waals surface area contributed by atoms with Gasteiger partial charge >= 0.3 is 6.09 Å². The van der Waals surface area contributed by atoms with Crippen LogP contribution in [0.15, 0.2) is 41.3 Å². The van der Waals surface area contributed by atoms with Crippen LogP contribution in [0.5, 0.6) is 0 Å². The average Bonchev–Trinajstić information content (AvgIpc) is 2.59. The topological polar surface area (TPSA) is 67.6 Å². The van der Waals surface area contributed by atoms with Crippen LogP contribution in [0.2, 0.25) is 0 Å². The molecule has 0 saturated heterocycles. The molecule has 29 heavy (non-hydrogen) atoms. The first-order valence-corrected chi connectivity index (χ1v) is 10.4. The third-order valence-electron chi connectivity index (χ3n) is 3.97. The molecule has 6 heteroatoms. The van der Waals surface area contributed by atoms with Gasteiger partial charge in [-0.3, -0.25) is 5.32 Å². The van der Waals surface area contributed by atoms with Gasteiger partial charge in [-0.15, -0.1) is 18.2 Å². The molecule has 1 aromatic rings. The van der Waals surface area contributed by atoms with Crippen LogP contribution < -0.4 is 11.1 Å². The number of carbonyl (C=O) groups is 1. The molecule has 0 saturated carbocycles. The van der Waals surface area contributed by atoms with E-state index in [1.165, 1.54) is 11.1 Å². The van der Waals surface area contributed by atoms with E-state index in [1.54, 1.807) is 32.5 Å². The Bertz CT molecular complexity index is 873. The summed E-state index contributed by atoms with van der Waals surface area (Å²) in [6.07, 6.45) is 4.95. The van der Waals surface area contributed by atoms with Gasteiger partial charge in [-0.2, -0.15) is 0 Å². The van der Waals surface area contributed by atoms with Gasteiger partial charge in [-0.05, 0) is 58.1 Å². The van der Waals surface area contributed by atoms with Gasteiger partial charge in [0.2, 0.25) is 0 Å². The van der Waals surface area contributed by atoms with Crippen LogP contribution in [0.25, 0.3) is 11.1 Å². The van der Waals surface area contributed by atoms with E-state index in [2.05, 4.69) is 40.4 Å². The molecule has 1 aromatic carbocycles. The number of ether oxygens (including phenoxy) is 1. The Morgan fingerprint density at radius 2 is 1.79 bits per heavy atom. The van der Waals surface area contributed by atoms with E-state index in [0.29, 0.717) is 16.9 Å². The van der Waals surface area contributed by atoms with Gasteiger partial charge in [0.1, 0.15) is 5.60 Å². The van der Waals surface area contributed by atoms with Crippen molar-refractivity contribution in [2.24, 2.45) is 0 Å². The zero-order valence-electron chi connectivity index (χ0n) is 17.7. The third kappa shape index (κ3) is 7.04. The first kappa shape index (κ1) is 22.7. The predicted molar refractivity (Wildman–Crippen MR) is 123 cm³/mol. The zero-order valence-corrected chi connectivity index (χ0v) is 18.5. The van der Waals surface area contributed by atoms with Crippen molar-refractivity contribution in [3.05, 3.63) is 42.0 Å². The minimum absolute atomic E-state index is 0.371. The minimum atomic E-state index is -0.578. The number of hydrogen-bond donors (Lipinski definition) is 2. The molecule has 0 bridgehead atoms. The first-order valence-electron chi connectivity index (χ1n) is 9.37. The lowest BCUT2D eigenvalue weighted by Gasteiger charge is -2.20. The normalized spacial score (nSPS) is 11.2. The summed E-state index contributed by atoms with van der Waals surface area (Å²) in [5, 5.41) is 2.68. The van der Waals surface area contributed by atoms with E-state index in [-0.39, 0.29) is 0 Å². The lowest BCUT2D eigenvalue weighted by molar-refractivity contribution is 0.0636. The number of terminal acetylenes is 1. The number of amides is 1. The highest BCUT2D eigenvalue weighted by Crippen LogP contribution is 2.31. The summed E-state index contributed by atoms with van der Waals surface area (Å²) in [5.41, 5.74) is 9.70. The number of benzene rings is 2. The Hall–Kier alpha value is -2.62. The second-order valence-electron chi connectivity index (χ2n) is 7.93. The van der Waals surface area contributed by atoms with Crippen LogP contribution in [-0.4, -0.2) is 43.0 Å². The van der Waals surface area contributed by atoms with Crippen LogP contribution >= 0.6 is 11.8 Å². The molecule has 0 fully saturated rings. The standard InChI is InChI=1S/C17H25N3O2S.C6H4/c1-7-12-10-13(23-9-8-20(5)6)11-14(15(12)18)19-16(21)22-17(2,3)4;1-2-6-4-3-5(1)6/h1,10-11H,8-9,18H2,2-6H3,(H,19,21);1-4H. The molecular weight excluding hydrogens is 382 g/mol. The molecule has 0 aromatic heterocycles. The molecule has 1 amide bonds. The number of nitrogens with two attached hydrogens (primary N) is 1. The van der Waals surface area contributed by atoms with Crippen molar-refractivity contribution in [1.29, 1.82) is 0 Å². The molecule has 3 N–H and O–H groups in total. The van der Waals surface area contributed by atoms with Gasteiger partial charge in [0, 0.05) is 17.2 Å². The van der Waals surface area contributed by atoms with E-state index in [9.17, 15) is 4.79 Å². The second-order valence-corrected chi connectivity index (χ2v) is 9.10. The second kappa shape index (κ2) is 9.73. The van der Waals surface area contributed by atoms with E-state index < -0.39 is 11.7 Å². The van der Waals surface area contributed by atoms with E-state index in [0.717, 1.165) is 17.2 Å². The van der Waals surface area contributed by atoms with Crippen LogP contribution in [0.4, 0.5) is 16.2 Å². The van der Waals surface area contributed by atoms with Crippen LogP contribution in [0.1, 0.15) is 26.3 Å². The third-order valence-corrected chi connectivity index (χ3v) is 4.93. The van der Waals surface area contributed by atoms with Crippen LogP contribution in [-0.2, 0) is 4.74 Å². The lowest BCUT2D eigenvalue weighted by atomic mass is 9.95. The van der Waals surface area contributed by atoms with Gasteiger partial charge in [0.05, 0.1) is 16.9 Å². The lowest BCUT2D eigenvalue weighted by Crippen LogP contribution is -2.27. The molecule has 0 atom stereocenters. The molecule has 3 rings (SSSR count). The molecule has 0 radical (unpaired) electrons. The summed E-state index contributed by atoms with van der Waals surface area (Å²) in [4.78, 5) is 15.0. The molecule has 0 unspecified atom stereocenters. The quantitative estimate of drug-likeness (QED) is 0.354. The van der Waals surface area contributed by atoms with Gasteiger partial charge in [0.25, 0.3) is 0 Å². The zero-order chi connectivity index (χ0) is 21.6. The Morgan fingerprint density at radius 3 is 2.21 bits per heavy atom. The number of nitrogens with one attached hydrogen (secondary N) is 1. The number of rotatable bonds is 5. The fourth-order valence-electron chi connectivity index (χ4n) is 2.36. The van der Waals surface area contributed by atoms with E-state index in [1.807, 2.05) is 26.2 Å². The highest BCUT2D eigenvalue weighted by atomic mass is 32.2. The van der Waals surface area contributed by atoms with Crippen molar-refractivity contribution < 1.29 is 9.53 Å². The predicted octanol–water partition coefficient (Wildman–Crippen LogP) is 4.92. The number of hydrogen-bond acceptors (Lipinski definition) is 5. The van der Waals surface area contributed by atoms with E-state index in [4.69, 9.17) is 16.9 Å². The van der Waals surface area contributed by atoms with Crippen molar-refractivity contribution in [2.75, 3.05) is 37.4 Å². The average molecular weight is 412 g/mol. The number of thioether (sulfide) groups is 1. The fourth-order valence-corrected chi connectivity index (χ4v) is 3.45.